The summed E-state index contributed by atoms with van der Waals surface area (Å²) in [6.45, 7) is 8.08. The van der Waals surface area contributed by atoms with E-state index in [1.54, 1.807) is 43.2 Å². The Balaban J connectivity index is 1.64. The minimum Gasteiger partial charge on any atom is -0.497 e. The zero-order chi connectivity index (χ0) is 29.1. The number of hydrogen-bond acceptors (Lipinski definition) is 6. The van der Waals surface area contributed by atoms with Crippen LogP contribution in [-0.2, 0) is 37.3 Å². The van der Waals surface area contributed by atoms with Crippen LogP contribution >= 0.6 is 0 Å². The molecule has 2 aromatic carbocycles. The van der Waals surface area contributed by atoms with Crippen LogP contribution in [-0.4, -0.2) is 74.9 Å². The summed E-state index contributed by atoms with van der Waals surface area (Å²) < 4.78 is 37.9. The maximum absolute atomic E-state index is 13.4. The first-order valence-corrected chi connectivity index (χ1v) is 15.5. The second-order valence-corrected chi connectivity index (χ2v) is 12.3. The minimum absolute atomic E-state index is 0.137. The number of carbonyl (C=O) groups is 2. The number of nitrogens with zero attached hydrogens (tertiary/aromatic N) is 2. The van der Waals surface area contributed by atoms with Crippen molar-refractivity contribution in [3.05, 3.63) is 59.7 Å². The van der Waals surface area contributed by atoms with Crippen LogP contribution in [0.2, 0.25) is 0 Å². The van der Waals surface area contributed by atoms with Crippen LogP contribution in [0.5, 0.6) is 5.75 Å². The Morgan fingerprint density at radius 2 is 1.60 bits per heavy atom. The largest absolute Gasteiger partial charge is 0.497 e. The van der Waals surface area contributed by atoms with Crippen molar-refractivity contribution < 1.29 is 27.5 Å². The fourth-order valence-corrected chi connectivity index (χ4v) is 6.08. The zero-order valence-electron chi connectivity index (χ0n) is 24.1. The Morgan fingerprint density at radius 3 is 2.20 bits per heavy atom. The van der Waals surface area contributed by atoms with E-state index < -0.39 is 16.1 Å². The van der Waals surface area contributed by atoms with E-state index in [9.17, 15) is 18.0 Å². The Labute approximate surface area is 238 Å². The predicted octanol–water partition coefficient (Wildman–Crippen LogP) is 3.76. The summed E-state index contributed by atoms with van der Waals surface area (Å²) in [7, 11) is -1.88. The van der Waals surface area contributed by atoms with Gasteiger partial charge < -0.3 is 19.7 Å². The average molecular weight is 574 g/mol. The number of benzene rings is 2. The zero-order valence-corrected chi connectivity index (χ0v) is 24.9. The van der Waals surface area contributed by atoms with E-state index in [2.05, 4.69) is 5.32 Å². The molecule has 0 saturated carbocycles. The van der Waals surface area contributed by atoms with Crippen LogP contribution in [0.25, 0.3) is 0 Å². The molecule has 0 bridgehead atoms. The van der Waals surface area contributed by atoms with Crippen LogP contribution in [0.15, 0.2) is 53.4 Å². The molecule has 0 aliphatic carbocycles. The Morgan fingerprint density at radius 1 is 0.975 bits per heavy atom. The maximum Gasteiger partial charge on any atom is 0.243 e. The number of ether oxygens (including phenoxy) is 2. The third-order valence-corrected chi connectivity index (χ3v) is 8.92. The molecule has 9 nitrogen and oxygen atoms in total. The molecule has 1 atom stereocenters. The van der Waals surface area contributed by atoms with Crippen molar-refractivity contribution in [2.75, 3.05) is 33.4 Å². The molecule has 2 aromatic rings. The number of sulfonamides is 1. The van der Waals surface area contributed by atoms with Gasteiger partial charge in [0.25, 0.3) is 0 Å². The highest BCUT2D eigenvalue weighted by atomic mass is 32.2. The molecular weight excluding hydrogens is 530 g/mol. The molecule has 0 aromatic heterocycles. The normalized spacial score (nSPS) is 14.7. The van der Waals surface area contributed by atoms with E-state index >= 15 is 0 Å². The monoisotopic (exact) mass is 573 g/mol. The first kappa shape index (κ1) is 31.6. The van der Waals surface area contributed by atoms with Crippen molar-refractivity contribution in [2.45, 2.75) is 76.5 Å². The molecule has 1 heterocycles. The standard InChI is InChI=1S/C30H43N3O6S/c1-23(2)39-21-7-18-31-30(35)24(3)33(22-26-8-13-27(38-4)14-9-26)29(34)17-12-25-10-15-28(16-11-25)40(36,37)32-19-5-6-20-32/h8-11,13-16,23-24H,5-7,12,17-22H2,1-4H3,(H,31,35)/t24-/m1/s1. The summed E-state index contributed by atoms with van der Waals surface area (Å²) in [6.07, 6.45) is 3.21. The van der Waals surface area contributed by atoms with Crippen LogP contribution < -0.4 is 10.1 Å². The predicted molar refractivity (Wildman–Crippen MR) is 154 cm³/mol. The highest BCUT2D eigenvalue weighted by molar-refractivity contribution is 7.89. The number of rotatable bonds is 15. The number of nitrogens with one attached hydrogen (secondary N) is 1. The van der Waals surface area contributed by atoms with Crippen molar-refractivity contribution in [1.29, 1.82) is 0 Å². The van der Waals surface area contributed by atoms with Gasteiger partial charge in [-0.25, -0.2) is 8.42 Å². The molecule has 3 rings (SSSR count). The van der Waals surface area contributed by atoms with Crippen LogP contribution in [0, 0.1) is 0 Å². The maximum atomic E-state index is 13.4. The highest BCUT2D eigenvalue weighted by Crippen LogP contribution is 2.22. The molecule has 1 aliphatic heterocycles. The summed E-state index contributed by atoms with van der Waals surface area (Å²) in [6, 6.07) is 13.5. The second kappa shape index (κ2) is 15.2. The first-order valence-electron chi connectivity index (χ1n) is 14.0. The Kier molecular flexibility index (Phi) is 12.0. The summed E-state index contributed by atoms with van der Waals surface area (Å²) >= 11 is 0. The number of amides is 2. The van der Waals surface area contributed by atoms with Gasteiger partial charge in [-0.1, -0.05) is 24.3 Å². The van der Waals surface area contributed by atoms with E-state index in [4.69, 9.17) is 9.47 Å². The highest BCUT2D eigenvalue weighted by Gasteiger charge is 2.28. The summed E-state index contributed by atoms with van der Waals surface area (Å²) in [5, 5.41) is 2.92. The van der Waals surface area contributed by atoms with Gasteiger partial charge in [0.2, 0.25) is 21.8 Å². The Bertz CT molecular complexity index is 1190. The van der Waals surface area contributed by atoms with E-state index in [0.717, 1.165) is 24.0 Å². The number of methoxy groups -OCH3 is 1. The topological polar surface area (TPSA) is 105 Å². The molecule has 2 amide bonds. The minimum atomic E-state index is -3.48. The van der Waals surface area contributed by atoms with Crippen LogP contribution in [0.3, 0.4) is 0 Å². The van der Waals surface area contributed by atoms with E-state index in [1.165, 1.54) is 4.31 Å². The third-order valence-electron chi connectivity index (χ3n) is 7.00. The van der Waals surface area contributed by atoms with Gasteiger partial charge in [-0.3, -0.25) is 9.59 Å². The van der Waals surface area contributed by atoms with E-state index in [0.29, 0.717) is 44.8 Å². The van der Waals surface area contributed by atoms with Gasteiger partial charge in [-0.05, 0) is 81.8 Å². The van der Waals surface area contributed by atoms with Gasteiger partial charge >= 0.3 is 0 Å². The number of carbonyl (C=O) groups excluding carboxylic acids is 2. The fourth-order valence-electron chi connectivity index (χ4n) is 4.56. The van der Waals surface area contributed by atoms with Gasteiger partial charge in [0, 0.05) is 39.2 Å². The molecule has 1 saturated heterocycles. The van der Waals surface area contributed by atoms with Crippen molar-refractivity contribution in [3.8, 4) is 5.75 Å². The second-order valence-electron chi connectivity index (χ2n) is 10.4. The lowest BCUT2D eigenvalue weighted by Gasteiger charge is -2.29. The quantitative estimate of drug-likeness (QED) is 0.326. The molecule has 1 fully saturated rings. The number of hydrogen-bond donors (Lipinski definition) is 1. The number of aryl methyl sites for hydroxylation is 1. The summed E-state index contributed by atoms with van der Waals surface area (Å²) in [4.78, 5) is 28.3. The van der Waals surface area contributed by atoms with Crippen molar-refractivity contribution >= 4 is 21.8 Å². The lowest BCUT2D eigenvalue weighted by Crippen LogP contribution is -2.48. The SMILES string of the molecule is COc1ccc(CN(C(=O)CCc2ccc(S(=O)(=O)N3CCCC3)cc2)[C@H](C)C(=O)NCCCOC(C)C)cc1. The Hall–Kier alpha value is -2.95. The summed E-state index contributed by atoms with van der Waals surface area (Å²) in [5.41, 5.74) is 1.75. The third kappa shape index (κ3) is 9.04. The fraction of sp³-hybridized carbons (Fsp3) is 0.533. The first-order chi connectivity index (χ1) is 19.1. The molecule has 0 unspecified atom stereocenters. The van der Waals surface area contributed by atoms with E-state index in [1.807, 2.05) is 38.1 Å². The van der Waals surface area contributed by atoms with Gasteiger partial charge in [0.1, 0.15) is 11.8 Å². The van der Waals surface area contributed by atoms with Crippen molar-refractivity contribution in [3.63, 3.8) is 0 Å². The van der Waals surface area contributed by atoms with Crippen LogP contribution in [0.4, 0.5) is 0 Å². The lowest BCUT2D eigenvalue weighted by molar-refractivity contribution is -0.140. The molecular formula is C30H43N3O6S. The summed E-state index contributed by atoms with van der Waals surface area (Å²) in [5.74, 6) is 0.337. The van der Waals surface area contributed by atoms with Crippen molar-refractivity contribution in [2.24, 2.45) is 0 Å². The molecule has 10 heteroatoms. The molecule has 0 spiro atoms. The van der Waals surface area contributed by atoms with Gasteiger partial charge in [0.15, 0.2) is 0 Å². The van der Waals surface area contributed by atoms with E-state index in [-0.39, 0.29) is 35.8 Å². The van der Waals surface area contributed by atoms with Gasteiger partial charge in [-0.15, -0.1) is 0 Å². The molecule has 1 N–H and O–H groups in total. The smallest absolute Gasteiger partial charge is 0.243 e. The lowest BCUT2D eigenvalue weighted by atomic mass is 10.1. The molecule has 1 aliphatic rings. The van der Waals surface area contributed by atoms with Crippen LogP contribution in [0.1, 0.15) is 57.6 Å². The van der Waals surface area contributed by atoms with Gasteiger partial charge in [0.05, 0.1) is 18.1 Å². The molecule has 220 valence electrons. The molecule has 40 heavy (non-hydrogen) atoms. The molecule has 0 radical (unpaired) electrons. The van der Waals surface area contributed by atoms with Gasteiger partial charge in [-0.2, -0.15) is 4.31 Å². The average Bonchev–Trinajstić information content (AvgIpc) is 3.50. The van der Waals surface area contributed by atoms with Crippen molar-refractivity contribution in [1.82, 2.24) is 14.5 Å².